The Morgan fingerprint density at radius 3 is 2.39 bits per heavy atom. The van der Waals surface area contributed by atoms with E-state index in [1.807, 2.05) is 31.2 Å². The van der Waals surface area contributed by atoms with Crippen molar-refractivity contribution >= 4 is 40.6 Å². The summed E-state index contributed by atoms with van der Waals surface area (Å²) in [7, 11) is 0. The number of carbonyl (C=O) groups excluding carboxylic acids is 3. The third-order valence-electron chi connectivity index (χ3n) is 5.96. The first-order valence-electron chi connectivity index (χ1n) is 11.7. The summed E-state index contributed by atoms with van der Waals surface area (Å²) in [5.74, 6) is -4.69. The number of rotatable bonds is 14. The Labute approximate surface area is 208 Å². The van der Waals surface area contributed by atoms with Crippen LogP contribution in [0.4, 0.5) is 0 Å². The Kier molecular flexibility index (Phi) is 10.4. The number of aliphatic carboxylic acids is 2. The van der Waals surface area contributed by atoms with E-state index in [0.29, 0.717) is 6.42 Å². The zero-order chi connectivity index (χ0) is 26.8. The predicted molar refractivity (Wildman–Crippen MR) is 131 cm³/mol. The minimum absolute atomic E-state index is 0.0699. The summed E-state index contributed by atoms with van der Waals surface area (Å²) in [6.45, 7) is 3.02. The molecule has 2 rings (SSSR count). The number of H-pyrrole nitrogens is 1. The van der Waals surface area contributed by atoms with Crippen molar-refractivity contribution in [1.82, 2.24) is 20.9 Å². The highest BCUT2D eigenvalue weighted by molar-refractivity contribution is 5.93. The van der Waals surface area contributed by atoms with E-state index in [1.165, 1.54) is 0 Å². The molecule has 0 bridgehead atoms. The minimum atomic E-state index is -1.18. The number of amides is 3. The molecule has 1 aromatic carbocycles. The molecule has 12 heteroatoms. The van der Waals surface area contributed by atoms with Crippen molar-refractivity contribution in [3.05, 3.63) is 36.0 Å². The first-order chi connectivity index (χ1) is 17.0. The number of aromatic nitrogens is 1. The van der Waals surface area contributed by atoms with Crippen LogP contribution in [0, 0.1) is 5.92 Å². The molecule has 0 saturated carbocycles. The normalized spacial score (nSPS) is 14.3. The quantitative estimate of drug-likeness (QED) is 0.188. The van der Waals surface area contributed by atoms with Crippen molar-refractivity contribution in [3.63, 3.8) is 0 Å². The van der Waals surface area contributed by atoms with Crippen LogP contribution in [0.15, 0.2) is 30.5 Å². The average molecular weight is 504 g/mol. The number of benzene rings is 1. The summed E-state index contributed by atoms with van der Waals surface area (Å²) in [4.78, 5) is 63.2. The Morgan fingerprint density at radius 1 is 1.06 bits per heavy atom. The van der Waals surface area contributed by atoms with Gasteiger partial charge in [0.15, 0.2) is 0 Å². The van der Waals surface area contributed by atoms with E-state index in [0.717, 1.165) is 16.5 Å². The molecule has 8 N–H and O–H groups in total. The second-order valence-corrected chi connectivity index (χ2v) is 8.65. The lowest BCUT2D eigenvalue weighted by Gasteiger charge is -2.24. The molecule has 1 aromatic heterocycles. The number of aromatic amines is 1. The molecule has 12 nitrogen and oxygen atoms in total. The van der Waals surface area contributed by atoms with Crippen molar-refractivity contribution in [1.29, 1.82) is 0 Å². The van der Waals surface area contributed by atoms with Crippen molar-refractivity contribution in [3.8, 4) is 0 Å². The Hall–Kier alpha value is -3.93. The Balaban J connectivity index is 2.13. The number of hydrogen-bond donors (Lipinski definition) is 7. The standard InChI is InChI=1S/C24H33N5O7/c1-3-13(2)21(24(35)36)29-23(34)18(10-14-11-26-17-7-5-4-6-15(14)17)28-19(30)12-27-22(33)16(25)8-9-20(31)32/h4-7,11,13,16,18,21,26H,3,8-10,12,25H2,1-2H3,(H,27,33)(H,28,30)(H,29,34)(H,31,32)(H,35,36). The second-order valence-electron chi connectivity index (χ2n) is 8.65. The number of carboxylic acid groups (broad SMARTS) is 2. The van der Waals surface area contributed by atoms with Crippen LogP contribution in [-0.4, -0.2) is 69.5 Å². The molecule has 0 radical (unpaired) electrons. The van der Waals surface area contributed by atoms with Gasteiger partial charge in [0.2, 0.25) is 17.7 Å². The monoisotopic (exact) mass is 503 g/mol. The van der Waals surface area contributed by atoms with Crippen molar-refractivity contribution < 1.29 is 34.2 Å². The first kappa shape index (κ1) is 28.3. The molecule has 0 aliphatic heterocycles. The lowest BCUT2D eigenvalue weighted by atomic mass is 9.98. The van der Waals surface area contributed by atoms with Gasteiger partial charge >= 0.3 is 11.9 Å². The van der Waals surface area contributed by atoms with Crippen LogP contribution in [0.5, 0.6) is 0 Å². The highest BCUT2D eigenvalue weighted by Crippen LogP contribution is 2.19. The van der Waals surface area contributed by atoms with Crippen LogP contribution >= 0.6 is 0 Å². The summed E-state index contributed by atoms with van der Waals surface area (Å²) in [6.07, 6.45) is 1.91. The fourth-order valence-electron chi connectivity index (χ4n) is 3.62. The number of nitrogens with one attached hydrogen (secondary N) is 4. The van der Waals surface area contributed by atoms with Crippen LogP contribution < -0.4 is 21.7 Å². The van der Waals surface area contributed by atoms with Gasteiger partial charge in [0.1, 0.15) is 12.1 Å². The van der Waals surface area contributed by atoms with Gasteiger partial charge in [-0.15, -0.1) is 0 Å². The van der Waals surface area contributed by atoms with E-state index < -0.39 is 54.3 Å². The van der Waals surface area contributed by atoms with Gasteiger partial charge in [-0.3, -0.25) is 19.2 Å². The molecule has 0 aliphatic rings. The molecule has 1 heterocycles. The van der Waals surface area contributed by atoms with Crippen LogP contribution in [0.2, 0.25) is 0 Å². The number of fused-ring (bicyclic) bond motifs is 1. The van der Waals surface area contributed by atoms with Gasteiger partial charge in [0, 0.05) is 29.9 Å². The average Bonchev–Trinajstić information content (AvgIpc) is 3.25. The Morgan fingerprint density at radius 2 is 1.75 bits per heavy atom. The lowest BCUT2D eigenvalue weighted by Crippen LogP contribution is -2.55. The number of hydrogen-bond acceptors (Lipinski definition) is 6. The molecule has 4 atom stereocenters. The summed E-state index contributed by atoms with van der Waals surface area (Å²) in [5.41, 5.74) is 7.21. The van der Waals surface area contributed by atoms with Gasteiger partial charge in [0.05, 0.1) is 12.6 Å². The number of carboxylic acids is 2. The van der Waals surface area contributed by atoms with Gasteiger partial charge in [-0.05, 0) is 24.0 Å². The molecule has 3 amide bonds. The largest absolute Gasteiger partial charge is 0.481 e. The lowest BCUT2D eigenvalue weighted by molar-refractivity contribution is -0.143. The smallest absolute Gasteiger partial charge is 0.326 e. The third kappa shape index (κ3) is 8.08. The zero-order valence-electron chi connectivity index (χ0n) is 20.2. The fourth-order valence-corrected chi connectivity index (χ4v) is 3.62. The maximum atomic E-state index is 13.1. The van der Waals surface area contributed by atoms with E-state index in [-0.39, 0.29) is 25.2 Å². The fraction of sp³-hybridized carbons (Fsp3) is 0.458. The van der Waals surface area contributed by atoms with Gasteiger partial charge in [-0.2, -0.15) is 0 Å². The maximum absolute atomic E-state index is 13.1. The maximum Gasteiger partial charge on any atom is 0.326 e. The minimum Gasteiger partial charge on any atom is -0.481 e. The summed E-state index contributed by atoms with van der Waals surface area (Å²) >= 11 is 0. The highest BCUT2D eigenvalue weighted by atomic mass is 16.4. The van der Waals surface area contributed by atoms with Gasteiger partial charge in [-0.1, -0.05) is 38.5 Å². The van der Waals surface area contributed by atoms with Crippen LogP contribution in [0.3, 0.4) is 0 Å². The van der Waals surface area contributed by atoms with Crippen LogP contribution in [-0.2, 0) is 30.4 Å². The molecule has 196 valence electrons. The second kappa shape index (κ2) is 13.2. The molecule has 36 heavy (non-hydrogen) atoms. The van der Waals surface area contributed by atoms with Gasteiger partial charge in [-0.25, -0.2) is 4.79 Å². The van der Waals surface area contributed by atoms with E-state index >= 15 is 0 Å². The van der Waals surface area contributed by atoms with Crippen LogP contribution in [0.1, 0.15) is 38.7 Å². The highest BCUT2D eigenvalue weighted by Gasteiger charge is 2.30. The Bertz CT molecular complexity index is 1100. The third-order valence-corrected chi connectivity index (χ3v) is 5.96. The van der Waals surface area contributed by atoms with E-state index in [4.69, 9.17) is 10.8 Å². The zero-order valence-corrected chi connectivity index (χ0v) is 20.2. The van der Waals surface area contributed by atoms with Crippen molar-refractivity contribution in [2.45, 2.75) is 57.7 Å². The number of carbonyl (C=O) groups is 5. The van der Waals surface area contributed by atoms with Crippen molar-refractivity contribution in [2.75, 3.05) is 6.54 Å². The van der Waals surface area contributed by atoms with Gasteiger partial charge in [0.25, 0.3) is 0 Å². The molecule has 0 fully saturated rings. The molecule has 0 aliphatic carbocycles. The topological polar surface area (TPSA) is 204 Å². The molecule has 0 saturated heterocycles. The molecular weight excluding hydrogens is 470 g/mol. The summed E-state index contributed by atoms with van der Waals surface area (Å²) in [5, 5.41) is 26.5. The van der Waals surface area contributed by atoms with Gasteiger partial charge < -0.3 is 36.9 Å². The number of para-hydroxylation sites is 1. The SMILES string of the molecule is CCC(C)C(NC(=O)C(Cc1c[nH]c2ccccc12)NC(=O)CNC(=O)C(N)CCC(=O)O)C(=O)O. The molecule has 4 unspecified atom stereocenters. The van der Waals surface area contributed by atoms with Crippen LogP contribution in [0.25, 0.3) is 10.9 Å². The molecule has 2 aromatic rings. The summed E-state index contributed by atoms with van der Waals surface area (Å²) < 4.78 is 0. The first-order valence-corrected chi connectivity index (χ1v) is 11.7. The van der Waals surface area contributed by atoms with E-state index in [2.05, 4.69) is 20.9 Å². The van der Waals surface area contributed by atoms with E-state index in [9.17, 15) is 29.1 Å². The summed E-state index contributed by atoms with van der Waals surface area (Å²) in [6, 6.07) is 4.03. The molecular formula is C24H33N5O7. The molecule has 0 spiro atoms. The van der Waals surface area contributed by atoms with Crippen molar-refractivity contribution in [2.24, 2.45) is 11.7 Å². The predicted octanol–water partition coefficient (Wildman–Crippen LogP) is 0.119. The number of nitrogens with two attached hydrogens (primary N) is 1. The van der Waals surface area contributed by atoms with E-state index in [1.54, 1.807) is 13.1 Å².